The maximum atomic E-state index is 9.86. The van der Waals surface area contributed by atoms with Gasteiger partial charge in [-0.25, -0.2) is 4.79 Å². The van der Waals surface area contributed by atoms with Crippen molar-refractivity contribution in [1.82, 2.24) is 0 Å². The predicted molar refractivity (Wildman–Crippen MR) is 38.4 cm³/mol. The number of carbonyl (C=O) groups is 1. The van der Waals surface area contributed by atoms with E-state index in [9.17, 15) is 4.79 Å². The summed E-state index contributed by atoms with van der Waals surface area (Å²) in [6, 6.07) is 0. The molecule has 0 bridgehead atoms. The molecule has 0 fully saturated rings. The first-order valence-electron chi connectivity index (χ1n) is 2.04. The Kier molecular flexibility index (Phi) is 5.97. The minimum atomic E-state index is -0.845. The predicted octanol–water partition coefficient (Wildman–Crippen LogP) is -0.414. The molecule has 0 aliphatic heterocycles. The van der Waals surface area contributed by atoms with Gasteiger partial charge in [0.2, 0.25) is 0 Å². The number of hydrogen-bond acceptors (Lipinski definition) is 1. The summed E-state index contributed by atoms with van der Waals surface area (Å²) < 4.78 is 0. The number of carboxylic acids is 1. The Morgan fingerprint density at radius 3 is 2.00 bits per heavy atom. The second-order valence-corrected chi connectivity index (χ2v) is 1.28. The molecule has 0 aliphatic rings. The van der Waals surface area contributed by atoms with Gasteiger partial charge in [-0.1, -0.05) is 6.08 Å². The van der Waals surface area contributed by atoms with E-state index in [0.29, 0.717) is 5.57 Å². The van der Waals surface area contributed by atoms with Crippen LogP contribution in [-0.4, -0.2) is 22.0 Å². The Hall–Kier alpha value is -0.573. The summed E-state index contributed by atoms with van der Waals surface area (Å²) in [4.78, 5) is 9.86. The lowest BCUT2D eigenvalue weighted by Crippen LogP contribution is -1.93. The van der Waals surface area contributed by atoms with Gasteiger partial charge in [-0.15, -0.1) is 0 Å². The fraction of sp³-hybridized carbons (Fsp3) is 0.400. The molecule has 8 heavy (non-hydrogen) atoms. The van der Waals surface area contributed by atoms with Gasteiger partial charge in [0, 0.05) is 5.57 Å². The average molecular weight is 132 g/mol. The molecule has 0 aromatic heterocycles. The van der Waals surface area contributed by atoms with Crippen LogP contribution in [0.15, 0.2) is 11.6 Å². The highest BCUT2D eigenvalue weighted by molar-refractivity contribution is 5.85. The van der Waals surface area contributed by atoms with Crippen LogP contribution in [0.4, 0.5) is 0 Å². The van der Waals surface area contributed by atoms with Crippen LogP contribution < -0.4 is 0 Å². The molecular weight excluding hydrogens is 120 g/mol. The van der Waals surface area contributed by atoms with Crippen LogP contribution in [0.25, 0.3) is 0 Å². The van der Waals surface area contributed by atoms with Crippen LogP contribution in [0.2, 0.25) is 0 Å². The average Bonchev–Trinajstić information content (AvgIpc) is 1.65. The monoisotopic (exact) mass is 132 g/mol. The van der Waals surface area contributed by atoms with Crippen molar-refractivity contribution in [2.75, 3.05) is 0 Å². The second-order valence-electron chi connectivity index (χ2n) is 1.28. The van der Waals surface area contributed by atoms with Gasteiger partial charge in [0.05, 0.1) is 0 Å². The molecule has 0 saturated carbocycles. The summed E-state index contributed by atoms with van der Waals surface area (Å²) in [6.45, 7) is 3.26. The topological polar surface area (TPSA) is 37.3 Å². The van der Waals surface area contributed by atoms with E-state index in [1.54, 1.807) is 19.9 Å². The number of rotatable bonds is 1. The van der Waals surface area contributed by atoms with E-state index in [4.69, 9.17) is 5.11 Å². The van der Waals surface area contributed by atoms with Gasteiger partial charge in [-0.3, -0.25) is 0 Å². The zero-order valence-corrected chi connectivity index (χ0v) is 4.43. The van der Waals surface area contributed by atoms with E-state index in [-0.39, 0.29) is 11.0 Å². The van der Waals surface area contributed by atoms with Gasteiger partial charge in [0.1, 0.15) is 0 Å². The van der Waals surface area contributed by atoms with E-state index in [0.717, 1.165) is 0 Å². The lowest BCUT2D eigenvalue weighted by atomic mass is 10.3. The smallest absolute Gasteiger partial charge is 0.330 e. The largest absolute Gasteiger partial charge is 0.478 e. The van der Waals surface area contributed by atoms with Crippen molar-refractivity contribution in [2.45, 2.75) is 13.8 Å². The normalized spacial score (nSPS) is 10.0. The van der Waals surface area contributed by atoms with Gasteiger partial charge >= 0.3 is 5.97 Å². The van der Waals surface area contributed by atoms with Gasteiger partial charge in [-0.05, 0) is 24.8 Å². The molecule has 0 aromatic rings. The van der Waals surface area contributed by atoms with Crippen molar-refractivity contribution in [3.05, 3.63) is 11.6 Å². The standard InChI is InChI=1S/C5H8O2.H4Si/c1-3-4(2)5(6)7;/h3H,1-2H3,(H,6,7);1H4/b4-3+;. The van der Waals surface area contributed by atoms with Crippen LogP contribution >= 0.6 is 0 Å². The summed E-state index contributed by atoms with van der Waals surface area (Å²) in [5.74, 6) is -0.845. The van der Waals surface area contributed by atoms with Crippen molar-refractivity contribution in [2.24, 2.45) is 0 Å². The molecule has 0 aliphatic carbocycles. The molecule has 3 heteroatoms. The van der Waals surface area contributed by atoms with E-state index >= 15 is 0 Å². The first kappa shape index (κ1) is 10.4. The van der Waals surface area contributed by atoms with Gasteiger partial charge < -0.3 is 5.11 Å². The molecule has 0 heterocycles. The molecular formula is C5H12O2Si. The molecule has 2 nitrogen and oxygen atoms in total. The molecule has 0 aromatic carbocycles. The lowest BCUT2D eigenvalue weighted by Gasteiger charge is -1.84. The van der Waals surface area contributed by atoms with Crippen molar-refractivity contribution < 1.29 is 9.90 Å². The van der Waals surface area contributed by atoms with Crippen LogP contribution in [0.3, 0.4) is 0 Å². The SMILES string of the molecule is C/C=C(\C)C(=O)O.[SiH4]. The molecule has 0 spiro atoms. The zero-order chi connectivity index (χ0) is 5.86. The van der Waals surface area contributed by atoms with E-state index in [2.05, 4.69) is 0 Å². The minimum absolute atomic E-state index is 0. The molecule has 0 unspecified atom stereocenters. The van der Waals surface area contributed by atoms with Crippen LogP contribution in [0.1, 0.15) is 13.8 Å². The third kappa shape index (κ3) is 3.61. The third-order valence-electron chi connectivity index (χ3n) is 0.770. The minimum Gasteiger partial charge on any atom is -0.478 e. The first-order valence-corrected chi connectivity index (χ1v) is 2.04. The van der Waals surface area contributed by atoms with Gasteiger partial charge in [0.25, 0.3) is 0 Å². The lowest BCUT2D eigenvalue weighted by molar-refractivity contribution is -0.132. The molecule has 1 N–H and O–H groups in total. The maximum Gasteiger partial charge on any atom is 0.330 e. The molecule has 0 amide bonds. The first-order chi connectivity index (χ1) is 3.18. The third-order valence-corrected chi connectivity index (χ3v) is 0.770. The zero-order valence-electron chi connectivity index (χ0n) is 4.43. The Labute approximate surface area is 53.2 Å². The highest BCUT2D eigenvalue weighted by Gasteiger charge is 1.93. The summed E-state index contributed by atoms with van der Waals surface area (Å²) >= 11 is 0. The number of allylic oxidation sites excluding steroid dienone is 1. The highest BCUT2D eigenvalue weighted by Crippen LogP contribution is 1.87. The van der Waals surface area contributed by atoms with Crippen LogP contribution in [0.5, 0.6) is 0 Å². The van der Waals surface area contributed by atoms with Gasteiger partial charge in [0.15, 0.2) is 0 Å². The molecule has 0 radical (unpaired) electrons. The summed E-state index contributed by atoms with van der Waals surface area (Å²) in [5.41, 5.74) is 0.389. The van der Waals surface area contributed by atoms with Crippen molar-refractivity contribution in [1.29, 1.82) is 0 Å². The summed E-state index contributed by atoms with van der Waals surface area (Å²) in [7, 11) is 0. The molecule has 0 atom stereocenters. The van der Waals surface area contributed by atoms with E-state index in [1.807, 2.05) is 0 Å². The van der Waals surface area contributed by atoms with E-state index in [1.165, 1.54) is 0 Å². The number of hydrogen-bond donors (Lipinski definition) is 1. The van der Waals surface area contributed by atoms with Crippen molar-refractivity contribution >= 4 is 16.9 Å². The Morgan fingerprint density at radius 2 is 2.00 bits per heavy atom. The Balaban J connectivity index is 0. The maximum absolute atomic E-state index is 9.86. The summed E-state index contributed by atoms with van der Waals surface area (Å²) in [5, 5.41) is 8.11. The van der Waals surface area contributed by atoms with Crippen molar-refractivity contribution in [3.8, 4) is 0 Å². The van der Waals surface area contributed by atoms with Crippen LogP contribution in [-0.2, 0) is 4.79 Å². The van der Waals surface area contributed by atoms with Gasteiger partial charge in [-0.2, -0.15) is 0 Å². The second kappa shape index (κ2) is 4.58. The fourth-order valence-electron chi connectivity index (χ4n) is 0.123. The highest BCUT2D eigenvalue weighted by atomic mass is 28.1. The quantitative estimate of drug-likeness (QED) is 0.389. The summed E-state index contributed by atoms with van der Waals surface area (Å²) in [6.07, 6.45) is 1.56. The van der Waals surface area contributed by atoms with Crippen molar-refractivity contribution in [3.63, 3.8) is 0 Å². The van der Waals surface area contributed by atoms with Crippen LogP contribution in [0, 0.1) is 0 Å². The molecule has 48 valence electrons. The molecule has 0 rings (SSSR count). The molecule has 0 saturated heterocycles. The fourth-order valence-corrected chi connectivity index (χ4v) is 0.123. The number of aliphatic carboxylic acids is 1. The number of carboxylic acid groups (broad SMARTS) is 1. The van der Waals surface area contributed by atoms with E-state index < -0.39 is 5.97 Å². The Bertz CT molecular complexity index is 107. The Morgan fingerprint density at radius 1 is 1.62 bits per heavy atom.